The molecule has 3 atom stereocenters. The summed E-state index contributed by atoms with van der Waals surface area (Å²) in [6.45, 7) is 0.595. The molecule has 110 valence electrons. The number of nitrogens with one attached hydrogen (secondary N) is 1. The number of hydrogen-bond donors (Lipinski definition) is 3. The quantitative estimate of drug-likeness (QED) is 0.768. The normalized spacial score (nSPS) is 24.1. The summed E-state index contributed by atoms with van der Waals surface area (Å²) >= 11 is 0. The van der Waals surface area contributed by atoms with Crippen LogP contribution in [0.2, 0.25) is 0 Å². The van der Waals surface area contributed by atoms with Crippen LogP contribution in [0.4, 0.5) is 0 Å². The molecule has 2 rings (SSSR count). The van der Waals surface area contributed by atoms with E-state index >= 15 is 0 Å². The van der Waals surface area contributed by atoms with Gasteiger partial charge < -0.3 is 15.5 Å². The number of aliphatic hydroxyl groups excluding tert-OH is 2. The Bertz CT molecular complexity index is 421. The molecule has 1 aliphatic carbocycles. The summed E-state index contributed by atoms with van der Waals surface area (Å²) in [4.78, 5) is 11.8. The highest BCUT2D eigenvalue weighted by atomic mass is 16.3. The minimum Gasteiger partial charge on any atom is -0.393 e. The molecule has 4 heteroatoms. The standard InChI is InChI=1S/C16H23NO3/c18-14-8-4-5-12(9-14)11-17-16(20)10-15(19)13-6-2-1-3-7-13/h1-3,6-7,12,14-15,18-19H,4-5,8-11H2,(H,17,20). The lowest BCUT2D eigenvalue weighted by atomic mass is 9.87. The molecule has 1 aromatic carbocycles. The zero-order valence-electron chi connectivity index (χ0n) is 11.7. The molecule has 0 spiro atoms. The summed E-state index contributed by atoms with van der Waals surface area (Å²) in [7, 11) is 0. The van der Waals surface area contributed by atoms with Crippen molar-refractivity contribution in [1.29, 1.82) is 0 Å². The first kappa shape index (κ1) is 15.0. The van der Waals surface area contributed by atoms with Crippen molar-refractivity contribution in [1.82, 2.24) is 5.32 Å². The van der Waals surface area contributed by atoms with Gasteiger partial charge in [-0.25, -0.2) is 0 Å². The fourth-order valence-electron chi connectivity index (χ4n) is 2.75. The Balaban J connectivity index is 1.72. The first-order valence-electron chi connectivity index (χ1n) is 7.33. The smallest absolute Gasteiger partial charge is 0.222 e. The minimum absolute atomic E-state index is 0.0826. The Morgan fingerprint density at radius 2 is 2.05 bits per heavy atom. The van der Waals surface area contributed by atoms with E-state index in [-0.39, 0.29) is 18.4 Å². The second-order valence-electron chi connectivity index (χ2n) is 5.62. The highest BCUT2D eigenvalue weighted by Crippen LogP contribution is 2.23. The SMILES string of the molecule is O=C(CC(O)c1ccccc1)NCC1CCCC(O)C1. The number of carbonyl (C=O) groups is 1. The number of hydrogen-bond acceptors (Lipinski definition) is 3. The van der Waals surface area contributed by atoms with Gasteiger partial charge in [0.25, 0.3) is 0 Å². The van der Waals surface area contributed by atoms with Crippen LogP contribution in [-0.4, -0.2) is 28.8 Å². The fraction of sp³-hybridized carbons (Fsp3) is 0.562. The molecule has 1 aromatic rings. The van der Waals surface area contributed by atoms with Crippen LogP contribution in [0, 0.1) is 5.92 Å². The predicted octanol–water partition coefficient (Wildman–Crippen LogP) is 1.78. The van der Waals surface area contributed by atoms with Crippen LogP contribution in [0.25, 0.3) is 0 Å². The number of carbonyl (C=O) groups excluding carboxylic acids is 1. The highest BCUT2D eigenvalue weighted by molar-refractivity contribution is 5.76. The number of rotatable bonds is 5. The zero-order chi connectivity index (χ0) is 14.4. The van der Waals surface area contributed by atoms with Gasteiger partial charge >= 0.3 is 0 Å². The molecule has 1 amide bonds. The van der Waals surface area contributed by atoms with Gasteiger partial charge in [0.05, 0.1) is 18.6 Å². The lowest BCUT2D eigenvalue weighted by molar-refractivity contribution is -0.123. The molecule has 0 aliphatic heterocycles. The molecular weight excluding hydrogens is 254 g/mol. The van der Waals surface area contributed by atoms with Crippen molar-refractivity contribution in [2.75, 3.05) is 6.54 Å². The van der Waals surface area contributed by atoms with Crippen LogP contribution in [-0.2, 0) is 4.79 Å². The maximum absolute atomic E-state index is 11.8. The van der Waals surface area contributed by atoms with Crippen molar-refractivity contribution in [2.24, 2.45) is 5.92 Å². The molecule has 0 heterocycles. The molecule has 0 radical (unpaired) electrons. The van der Waals surface area contributed by atoms with Crippen molar-refractivity contribution in [3.63, 3.8) is 0 Å². The molecule has 20 heavy (non-hydrogen) atoms. The van der Waals surface area contributed by atoms with Crippen molar-refractivity contribution < 1.29 is 15.0 Å². The molecular formula is C16H23NO3. The zero-order valence-corrected chi connectivity index (χ0v) is 11.7. The van der Waals surface area contributed by atoms with E-state index in [9.17, 15) is 15.0 Å². The Morgan fingerprint density at radius 1 is 1.30 bits per heavy atom. The van der Waals surface area contributed by atoms with Gasteiger partial charge in [-0.2, -0.15) is 0 Å². The molecule has 3 N–H and O–H groups in total. The first-order valence-corrected chi connectivity index (χ1v) is 7.33. The minimum atomic E-state index is -0.756. The monoisotopic (exact) mass is 277 g/mol. The summed E-state index contributed by atoms with van der Waals surface area (Å²) in [6, 6.07) is 9.20. The van der Waals surface area contributed by atoms with Gasteiger partial charge in [0, 0.05) is 6.54 Å². The van der Waals surface area contributed by atoms with Gasteiger partial charge in [-0.3, -0.25) is 4.79 Å². The number of aliphatic hydroxyl groups is 2. The van der Waals surface area contributed by atoms with Gasteiger partial charge in [0.15, 0.2) is 0 Å². The lowest BCUT2D eigenvalue weighted by Crippen LogP contribution is -2.33. The number of benzene rings is 1. The molecule has 3 unspecified atom stereocenters. The van der Waals surface area contributed by atoms with Crippen LogP contribution in [0.15, 0.2) is 30.3 Å². The van der Waals surface area contributed by atoms with Crippen LogP contribution in [0.1, 0.15) is 43.8 Å². The molecule has 1 fully saturated rings. The summed E-state index contributed by atoms with van der Waals surface area (Å²) < 4.78 is 0. The van der Waals surface area contributed by atoms with Crippen molar-refractivity contribution in [3.05, 3.63) is 35.9 Å². The van der Waals surface area contributed by atoms with E-state index in [1.54, 1.807) is 0 Å². The molecule has 0 bridgehead atoms. The largest absolute Gasteiger partial charge is 0.393 e. The van der Waals surface area contributed by atoms with Crippen molar-refractivity contribution in [3.8, 4) is 0 Å². The van der Waals surface area contributed by atoms with E-state index in [4.69, 9.17) is 0 Å². The highest BCUT2D eigenvalue weighted by Gasteiger charge is 2.21. The topological polar surface area (TPSA) is 69.6 Å². The third kappa shape index (κ3) is 4.62. The Morgan fingerprint density at radius 3 is 2.75 bits per heavy atom. The Kier molecular flexibility index (Phi) is 5.56. The van der Waals surface area contributed by atoms with Gasteiger partial charge in [-0.05, 0) is 30.7 Å². The van der Waals surface area contributed by atoms with Gasteiger partial charge in [-0.15, -0.1) is 0 Å². The third-order valence-electron chi connectivity index (χ3n) is 3.91. The number of amides is 1. The summed E-state index contributed by atoms with van der Waals surface area (Å²) in [6.07, 6.45) is 2.82. The van der Waals surface area contributed by atoms with Crippen LogP contribution >= 0.6 is 0 Å². The fourth-order valence-corrected chi connectivity index (χ4v) is 2.75. The van der Waals surface area contributed by atoms with E-state index in [1.165, 1.54) is 0 Å². The molecule has 1 saturated carbocycles. The summed E-state index contributed by atoms with van der Waals surface area (Å²) in [5.74, 6) is 0.220. The van der Waals surface area contributed by atoms with Crippen LogP contribution in [0.5, 0.6) is 0 Å². The molecule has 0 aromatic heterocycles. The van der Waals surface area contributed by atoms with Crippen molar-refractivity contribution in [2.45, 2.75) is 44.3 Å². The van der Waals surface area contributed by atoms with Crippen molar-refractivity contribution >= 4 is 5.91 Å². The first-order chi connectivity index (χ1) is 9.65. The van der Waals surface area contributed by atoms with E-state index in [0.29, 0.717) is 12.5 Å². The summed E-state index contributed by atoms with van der Waals surface area (Å²) in [5.41, 5.74) is 0.760. The van der Waals surface area contributed by atoms with Crippen LogP contribution < -0.4 is 5.32 Å². The second kappa shape index (κ2) is 7.41. The lowest BCUT2D eigenvalue weighted by Gasteiger charge is -2.26. The second-order valence-corrected chi connectivity index (χ2v) is 5.62. The molecule has 1 aliphatic rings. The van der Waals surface area contributed by atoms with E-state index < -0.39 is 6.10 Å². The average Bonchev–Trinajstić information content (AvgIpc) is 2.46. The Hall–Kier alpha value is -1.39. The third-order valence-corrected chi connectivity index (χ3v) is 3.91. The van der Waals surface area contributed by atoms with Crippen LogP contribution in [0.3, 0.4) is 0 Å². The maximum Gasteiger partial charge on any atom is 0.222 e. The predicted molar refractivity (Wildman–Crippen MR) is 77.0 cm³/mol. The molecule has 4 nitrogen and oxygen atoms in total. The van der Waals surface area contributed by atoms with Gasteiger partial charge in [0.1, 0.15) is 0 Å². The Labute approximate surface area is 119 Å². The van der Waals surface area contributed by atoms with E-state index in [2.05, 4.69) is 5.32 Å². The maximum atomic E-state index is 11.8. The van der Waals surface area contributed by atoms with Gasteiger partial charge in [0.2, 0.25) is 5.91 Å². The average molecular weight is 277 g/mol. The summed E-state index contributed by atoms with van der Waals surface area (Å²) in [5, 5.41) is 22.4. The molecule has 0 saturated heterocycles. The van der Waals surface area contributed by atoms with E-state index in [0.717, 1.165) is 31.2 Å². The van der Waals surface area contributed by atoms with E-state index in [1.807, 2.05) is 30.3 Å². The van der Waals surface area contributed by atoms with Gasteiger partial charge in [-0.1, -0.05) is 36.8 Å².